The first-order valence-corrected chi connectivity index (χ1v) is 7.59. The maximum absolute atomic E-state index is 11.6. The van der Waals surface area contributed by atoms with Gasteiger partial charge >= 0.3 is 5.97 Å². The minimum atomic E-state index is -1.02. The zero-order valence-electron chi connectivity index (χ0n) is 13.8. The molecule has 5 nitrogen and oxygen atoms in total. The van der Waals surface area contributed by atoms with Crippen molar-refractivity contribution in [2.75, 3.05) is 19.5 Å². The fourth-order valence-electron chi connectivity index (χ4n) is 2.46. The number of anilines is 1. The number of esters is 1. The summed E-state index contributed by atoms with van der Waals surface area (Å²) in [6.45, 7) is 0. The molecule has 2 rings (SSSR count). The highest BCUT2D eigenvalue weighted by Gasteiger charge is 2.33. The van der Waals surface area contributed by atoms with Gasteiger partial charge in [-0.1, -0.05) is 30.3 Å². The van der Waals surface area contributed by atoms with Crippen LogP contribution < -0.4 is 10.1 Å². The van der Waals surface area contributed by atoms with E-state index in [0.29, 0.717) is 6.42 Å². The van der Waals surface area contributed by atoms with Crippen LogP contribution in [0.5, 0.6) is 5.75 Å². The van der Waals surface area contributed by atoms with E-state index in [1.54, 1.807) is 7.11 Å². The molecule has 0 bridgehead atoms. The van der Waals surface area contributed by atoms with Gasteiger partial charge in [0.15, 0.2) is 5.54 Å². The van der Waals surface area contributed by atoms with E-state index in [-0.39, 0.29) is 12.4 Å². The van der Waals surface area contributed by atoms with Crippen molar-refractivity contribution < 1.29 is 14.3 Å². The minimum Gasteiger partial charge on any atom is -0.497 e. The molecule has 1 N–H and O–H groups in total. The molecule has 0 saturated carbocycles. The number of hydrogen-bond acceptors (Lipinski definition) is 5. The smallest absolute Gasteiger partial charge is 0.305 e. The summed E-state index contributed by atoms with van der Waals surface area (Å²) < 4.78 is 9.86. The molecule has 2 aromatic rings. The van der Waals surface area contributed by atoms with Crippen LogP contribution in [0.15, 0.2) is 54.6 Å². The molecule has 124 valence electrons. The van der Waals surface area contributed by atoms with Crippen molar-refractivity contribution in [3.63, 3.8) is 0 Å². The van der Waals surface area contributed by atoms with E-state index >= 15 is 0 Å². The average Bonchev–Trinajstić information content (AvgIpc) is 2.66. The van der Waals surface area contributed by atoms with Gasteiger partial charge in [-0.25, -0.2) is 0 Å². The predicted octanol–water partition coefficient (Wildman–Crippen LogP) is 3.48. The Kier molecular flexibility index (Phi) is 5.80. The summed E-state index contributed by atoms with van der Waals surface area (Å²) in [7, 11) is 2.94. The number of nitrogens with one attached hydrogen (secondary N) is 1. The summed E-state index contributed by atoms with van der Waals surface area (Å²) in [6.07, 6.45) is 0.439. The monoisotopic (exact) mass is 324 g/mol. The third-order valence-electron chi connectivity index (χ3n) is 3.84. The Labute approximate surface area is 141 Å². The molecule has 0 aromatic heterocycles. The van der Waals surface area contributed by atoms with Crippen LogP contribution in [-0.4, -0.2) is 20.2 Å². The molecule has 0 aliphatic rings. The third kappa shape index (κ3) is 4.05. The molecule has 0 aliphatic carbocycles. The van der Waals surface area contributed by atoms with Crippen LogP contribution in [0.3, 0.4) is 0 Å². The van der Waals surface area contributed by atoms with Crippen molar-refractivity contribution in [2.24, 2.45) is 0 Å². The van der Waals surface area contributed by atoms with Crippen molar-refractivity contribution in [1.29, 1.82) is 5.26 Å². The number of nitriles is 1. The van der Waals surface area contributed by atoms with Gasteiger partial charge < -0.3 is 14.8 Å². The maximum atomic E-state index is 11.6. The Morgan fingerprint density at radius 1 is 1.12 bits per heavy atom. The molecule has 24 heavy (non-hydrogen) atoms. The van der Waals surface area contributed by atoms with E-state index in [9.17, 15) is 10.1 Å². The van der Waals surface area contributed by atoms with Crippen molar-refractivity contribution in [1.82, 2.24) is 0 Å². The highest BCUT2D eigenvalue weighted by molar-refractivity contribution is 5.69. The molecule has 1 unspecified atom stereocenters. The quantitative estimate of drug-likeness (QED) is 0.790. The normalized spacial score (nSPS) is 12.5. The lowest BCUT2D eigenvalue weighted by Gasteiger charge is -2.29. The molecule has 2 aromatic carbocycles. The van der Waals surface area contributed by atoms with Gasteiger partial charge in [0.2, 0.25) is 0 Å². The maximum Gasteiger partial charge on any atom is 0.305 e. The molecule has 5 heteroatoms. The summed E-state index contributed by atoms with van der Waals surface area (Å²) in [5.74, 6) is 0.388. The first-order valence-electron chi connectivity index (χ1n) is 7.59. The Hall–Kier alpha value is -3.00. The van der Waals surface area contributed by atoms with Crippen LogP contribution in [0.4, 0.5) is 5.69 Å². The molecule has 1 atom stereocenters. The molecule has 0 spiro atoms. The Balaban J connectivity index is 2.33. The second-order valence-electron chi connectivity index (χ2n) is 5.31. The molecule has 0 amide bonds. The van der Waals surface area contributed by atoms with Crippen LogP contribution in [0.1, 0.15) is 18.4 Å². The van der Waals surface area contributed by atoms with Crippen molar-refractivity contribution in [3.8, 4) is 11.8 Å². The Morgan fingerprint density at radius 3 is 2.33 bits per heavy atom. The lowest BCUT2D eigenvalue weighted by molar-refractivity contribution is -0.140. The van der Waals surface area contributed by atoms with Gasteiger partial charge in [-0.3, -0.25) is 4.79 Å². The molecular weight excluding hydrogens is 304 g/mol. The number of ether oxygens (including phenoxy) is 2. The largest absolute Gasteiger partial charge is 0.497 e. The standard InChI is InChI=1S/C19H20N2O3/c1-23-17-10-8-16(9-11-17)21-19(14-20,13-12-18(22)24-2)15-6-4-3-5-7-15/h3-11,21H,12-13H2,1-2H3. The predicted molar refractivity (Wildman–Crippen MR) is 91.6 cm³/mol. The lowest BCUT2D eigenvalue weighted by atomic mass is 9.86. The summed E-state index contributed by atoms with van der Waals surface area (Å²) >= 11 is 0. The zero-order chi connectivity index (χ0) is 17.4. The Morgan fingerprint density at radius 2 is 1.79 bits per heavy atom. The summed E-state index contributed by atoms with van der Waals surface area (Å²) in [4.78, 5) is 11.6. The second kappa shape index (κ2) is 8.02. The molecule has 0 saturated heterocycles. The van der Waals surface area contributed by atoms with Gasteiger partial charge in [-0.2, -0.15) is 5.26 Å². The van der Waals surface area contributed by atoms with E-state index in [1.165, 1.54) is 7.11 Å². The first kappa shape index (κ1) is 17.4. The van der Waals surface area contributed by atoms with Crippen LogP contribution in [0.2, 0.25) is 0 Å². The minimum absolute atomic E-state index is 0.141. The van der Waals surface area contributed by atoms with Gasteiger partial charge in [0.1, 0.15) is 5.75 Å². The van der Waals surface area contributed by atoms with Crippen molar-refractivity contribution in [3.05, 3.63) is 60.2 Å². The average molecular weight is 324 g/mol. The number of nitrogens with zero attached hydrogens (tertiary/aromatic N) is 1. The highest BCUT2D eigenvalue weighted by atomic mass is 16.5. The van der Waals surface area contributed by atoms with E-state index in [2.05, 4.69) is 11.4 Å². The fourth-order valence-corrected chi connectivity index (χ4v) is 2.46. The van der Waals surface area contributed by atoms with Crippen molar-refractivity contribution >= 4 is 11.7 Å². The molecule has 0 radical (unpaired) electrons. The van der Waals surface area contributed by atoms with E-state index in [1.807, 2.05) is 54.6 Å². The fraction of sp³-hybridized carbons (Fsp3) is 0.263. The van der Waals surface area contributed by atoms with Gasteiger partial charge in [-0.15, -0.1) is 0 Å². The van der Waals surface area contributed by atoms with Crippen LogP contribution in [-0.2, 0) is 15.1 Å². The molecule has 0 fully saturated rings. The van der Waals surface area contributed by atoms with E-state index in [4.69, 9.17) is 9.47 Å². The van der Waals surface area contributed by atoms with Gasteiger partial charge in [0.25, 0.3) is 0 Å². The summed E-state index contributed by atoms with van der Waals surface area (Å²) in [5, 5.41) is 13.2. The summed E-state index contributed by atoms with van der Waals surface area (Å²) in [6, 6.07) is 19.0. The van der Waals surface area contributed by atoms with E-state index < -0.39 is 5.54 Å². The molecule has 0 heterocycles. The zero-order valence-corrected chi connectivity index (χ0v) is 13.8. The van der Waals surface area contributed by atoms with Crippen LogP contribution in [0, 0.1) is 11.3 Å². The summed E-state index contributed by atoms with van der Waals surface area (Å²) in [5.41, 5.74) is 0.544. The highest BCUT2D eigenvalue weighted by Crippen LogP contribution is 2.31. The SMILES string of the molecule is COC(=O)CCC(C#N)(Nc1ccc(OC)cc1)c1ccccc1. The van der Waals surface area contributed by atoms with Crippen LogP contribution >= 0.6 is 0 Å². The van der Waals surface area contributed by atoms with Crippen molar-refractivity contribution in [2.45, 2.75) is 18.4 Å². The number of hydrogen-bond donors (Lipinski definition) is 1. The third-order valence-corrected chi connectivity index (χ3v) is 3.84. The van der Waals surface area contributed by atoms with Gasteiger partial charge in [0, 0.05) is 12.1 Å². The topological polar surface area (TPSA) is 71.4 Å². The Bertz CT molecular complexity index is 708. The lowest BCUT2D eigenvalue weighted by Crippen LogP contribution is -2.34. The molecular formula is C19H20N2O3. The molecule has 0 aliphatic heterocycles. The number of methoxy groups -OCH3 is 2. The number of carbonyl (C=O) groups excluding carboxylic acids is 1. The second-order valence-corrected chi connectivity index (χ2v) is 5.31. The van der Waals surface area contributed by atoms with Crippen LogP contribution in [0.25, 0.3) is 0 Å². The van der Waals surface area contributed by atoms with Gasteiger partial charge in [0.05, 0.1) is 20.3 Å². The number of carbonyl (C=O) groups is 1. The number of benzene rings is 2. The van der Waals surface area contributed by atoms with E-state index in [0.717, 1.165) is 17.0 Å². The first-order chi connectivity index (χ1) is 11.6. The van der Waals surface area contributed by atoms with Gasteiger partial charge in [-0.05, 0) is 36.2 Å². The number of rotatable bonds is 7.